The van der Waals surface area contributed by atoms with Crippen LogP contribution in [-0.2, 0) is 5.41 Å². The normalized spacial score (nSPS) is 13.0. The first-order valence-electron chi connectivity index (χ1n) is 20.7. The molecule has 2 aromatic heterocycles. The Morgan fingerprint density at radius 1 is 0.383 bits per heavy atom. The van der Waals surface area contributed by atoms with Gasteiger partial charge in [0, 0.05) is 33.4 Å². The van der Waals surface area contributed by atoms with Crippen LogP contribution in [-0.4, -0.2) is 14.5 Å². The van der Waals surface area contributed by atoms with E-state index in [1.165, 1.54) is 71.4 Å². The summed E-state index contributed by atoms with van der Waals surface area (Å²) in [5, 5.41) is 7.28. The van der Waals surface area contributed by atoms with Crippen molar-refractivity contribution in [1.82, 2.24) is 14.5 Å². The summed E-state index contributed by atoms with van der Waals surface area (Å²) >= 11 is 0. The maximum atomic E-state index is 5.36. The third-order valence-electron chi connectivity index (χ3n) is 12.8. The van der Waals surface area contributed by atoms with Crippen molar-refractivity contribution in [2.45, 2.75) is 19.3 Å². The van der Waals surface area contributed by atoms with Crippen LogP contribution in [0.15, 0.2) is 200 Å². The van der Waals surface area contributed by atoms with E-state index in [1.54, 1.807) is 0 Å². The van der Waals surface area contributed by atoms with Crippen LogP contribution >= 0.6 is 0 Å². The van der Waals surface area contributed by atoms with Crippen molar-refractivity contribution in [2.75, 3.05) is 0 Å². The molecule has 0 spiro atoms. The lowest BCUT2D eigenvalue weighted by Gasteiger charge is -2.22. The summed E-state index contributed by atoms with van der Waals surface area (Å²) in [7, 11) is 0. The molecule has 0 radical (unpaired) electrons. The van der Waals surface area contributed by atoms with Gasteiger partial charge in [-0.2, -0.15) is 0 Å². The molecule has 0 atom stereocenters. The quantitative estimate of drug-likeness (QED) is 0.175. The van der Waals surface area contributed by atoms with Crippen molar-refractivity contribution in [3.8, 4) is 61.8 Å². The lowest BCUT2D eigenvalue weighted by atomic mass is 9.81. The Morgan fingerprint density at radius 3 is 1.80 bits per heavy atom. The molecule has 3 nitrogen and oxygen atoms in total. The highest BCUT2D eigenvalue weighted by atomic mass is 15.1. The van der Waals surface area contributed by atoms with Gasteiger partial charge in [-0.3, -0.25) is 4.57 Å². The Kier molecular flexibility index (Phi) is 7.58. The fraction of sp³-hybridized carbons (Fsp3) is 0.0526. The first kappa shape index (κ1) is 34.4. The van der Waals surface area contributed by atoms with Crippen LogP contribution in [0.1, 0.15) is 25.0 Å². The molecule has 12 rings (SSSR count). The smallest absolute Gasteiger partial charge is 0.162 e. The van der Waals surface area contributed by atoms with Crippen molar-refractivity contribution in [2.24, 2.45) is 0 Å². The Hall–Kier alpha value is -7.62. The third kappa shape index (κ3) is 5.22. The highest BCUT2D eigenvalue weighted by molar-refractivity contribution is 6.11. The number of aromatic nitrogens is 3. The zero-order valence-corrected chi connectivity index (χ0v) is 33.4. The van der Waals surface area contributed by atoms with Crippen molar-refractivity contribution < 1.29 is 0 Å². The van der Waals surface area contributed by atoms with Crippen molar-refractivity contribution in [3.63, 3.8) is 0 Å². The first-order chi connectivity index (χ1) is 29.5. The molecule has 0 bridgehead atoms. The molecule has 0 amide bonds. The van der Waals surface area contributed by atoms with Gasteiger partial charge in [0.25, 0.3) is 0 Å². The van der Waals surface area contributed by atoms with Gasteiger partial charge in [0.1, 0.15) is 5.82 Å². The lowest BCUT2D eigenvalue weighted by molar-refractivity contribution is 0.661. The summed E-state index contributed by atoms with van der Waals surface area (Å²) in [5.74, 6) is 1.52. The molecule has 0 fully saturated rings. The summed E-state index contributed by atoms with van der Waals surface area (Å²) in [4.78, 5) is 10.7. The van der Waals surface area contributed by atoms with Gasteiger partial charge in [-0.25, -0.2) is 9.97 Å². The van der Waals surface area contributed by atoms with Gasteiger partial charge in [-0.15, -0.1) is 0 Å². The van der Waals surface area contributed by atoms with Gasteiger partial charge in [0.2, 0.25) is 0 Å². The van der Waals surface area contributed by atoms with Crippen molar-refractivity contribution >= 4 is 43.4 Å². The number of para-hydroxylation sites is 1. The highest BCUT2D eigenvalue weighted by Gasteiger charge is 2.37. The van der Waals surface area contributed by atoms with E-state index in [9.17, 15) is 0 Å². The molecule has 282 valence electrons. The number of hydrogen-bond donors (Lipinski definition) is 0. The SMILES string of the molecule is CC1(C)c2cc3ccccc3cc2-c2c(-c3ccc(-c4cc(-n5c6ccccc6c6cc(-c7ccccc7)ccc65)nc(-c5ccccc5)n4)c4ccccc34)cccc21. The predicted octanol–water partition coefficient (Wildman–Crippen LogP) is 14.9. The molecule has 0 saturated heterocycles. The molecule has 0 saturated carbocycles. The molecule has 9 aromatic carbocycles. The summed E-state index contributed by atoms with van der Waals surface area (Å²) < 4.78 is 2.31. The van der Waals surface area contributed by atoms with Gasteiger partial charge >= 0.3 is 0 Å². The summed E-state index contributed by atoms with van der Waals surface area (Å²) in [6.07, 6.45) is 0. The first-order valence-corrected chi connectivity index (χ1v) is 20.7. The third-order valence-corrected chi connectivity index (χ3v) is 12.8. The zero-order valence-electron chi connectivity index (χ0n) is 33.4. The van der Waals surface area contributed by atoms with Crippen LogP contribution in [0.4, 0.5) is 0 Å². The summed E-state index contributed by atoms with van der Waals surface area (Å²) in [6.45, 7) is 4.74. The molecule has 11 aromatic rings. The van der Waals surface area contributed by atoms with E-state index in [0.29, 0.717) is 5.82 Å². The Labute approximate surface area is 348 Å². The topological polar surface area (TPSA) is 30.7 Å². The maximum absolute atomic E-state index is 5.36. The van der Waals surface area contributed by atoms with Crippen LogP contribution in [0.25, 0.3) is 105 Å². The molecule has 60 heavy (non-hydrogen) atoms. The fourth-order valence-electron chi connectivity index (χ4n) is 9.89. The lowest BCUT2D eigenvalue weighted by Crippen LogP contribution is -2.14. The molecule has 0 unspecified atom stereocenters. The average molecular weight is 766 g/mol. The van der Waals surface area contributed by atoms with E-state index in [4.69, 9.17) is 9.97 Å². The Balaban J connectivity index is 1.08. The Bertz CT molecular complexity index is 3500. The van der Waals surface area contributed by atoms with Gasteiger partial charge in [-0.1, -0.05) is 178 Å². The standard InChI is InChI=1S/C57H39N3/c1-57(2)49-26-15-25-46(55(49)48-33-38-20-9-10-21-39(38)34-50(48)57)43-29-30-44(42-23-12-11-22-41(42)43)51-35-54(59-56(58-51)37-18-7-4-8-19-37)60-52-27-14-13-24-45(52)47-32-40(28-31-53(47)60)36-16-5-3-6-17-36/h3-35H,1-2H3. The van der Waals surface area contributed by atoms with Crippen LogP contribution in [0.2, 0.25) is 0 Å². The Morgan fingerprint density at radius 2 is 1.02 bits per heavy atom. The minimum atomic E-state index is -0.123. The van der Waals surface area contributed by atoms with E-state index in [-0.39, 0.29) is 5.41 Å². The molecule has 0 N–H and O–H groups in total. The second-order valence-corrected chi connectivity index (χ2v) is 16.6. The molecule has 1 aliphatic rings. The van der Waals surface area contributed by atoms with Gasteiger partial charge < -0.3 is 0 Å². The fourth-order valence-corrected chi connectivity index (χ4v) is 9.89. The summed E-state index contributed by atoms with van der Waals surface area (Å²) in [5.41, 5.74) is 15.3. The second-order valence-electron chi connectivity index (χ2n) is 16.6. The average Bonchev–Trinajstić information content (AvgIpc) is 3.76. The number of rotatable bonds is 5. The van der Waals surface area contributed by atoms with Crippen molar-refractivity contribution in [3.05, 3.63) is 211 Å². The highest BCUT2D eigenvalue weighted by Crippen LogP contribution is 2.54. The van der Waals surface area contributed by atoms with E-state index in [0.717, 1.165) is 39.1 Å². The van der Waals surface area contributed by atoms with Crippen LogP contribution in [0.3, 0.4) is 0 Å². The second kappa shape index (κ2) is 13.2. The number of fused-ring (bicyclic) bond motifs is 8. The van der Waals surface area contributed by atoms with Gasteiger partial charge in [-0.05, 0) is 96.4 Å². The molecule has 3 heteroatoms. The number of hydrogen-bond acceptors (Lipinski definition) is 2. The largest absolute Gasteiger partial charge is 0.294 e. The molecule has 1 aliphatic carbocycles. The van der Waals surface area contributed by atoms with Crippen LogP contribution in [0.5, 0.6) is 0 Å². The number of benzene rings is 9. The molecular weight excluding hydrogens is 727 g/mol. The van der Waals surface area contributed by atoms with E-state index in [1.807, 2.05) is 6.07 Å². The van der Waals surface area contributed by atoms with Crippen LogP contribution in [0, 0.1) is 0 Å². The molecule has 2 heterocycles. The minimum Gasteiger partial charge on any atom is -0.294 e. The van der Waals surface area contributed by atoms with E-state index in [2.05, 4.69) is 213 Å². The monoisotopic (exact) mass is 765 g/mol. The van der Waals surface area contributed by atoms with Crippen molar-refractivity contribution in [1.29, 1.82) is 0 Å². The van der Waals surface area contributed by atoms with E-state index < -0.39 is 0 Å². The molecular formula is C57H39N3. The number of nitrogens with zero attached hydrogens (tertiary/aromatic N) is 3. The van der Waals surface area contributed by atoms with Gasteiger partial charge in [0.05, 0.1) is 16.7 Å². The predicted molar refractivity (Wildman–Crippen MR) is 251 cm³/mol. The van der Waals surface area contributed by atoms with Gasteiger partial charge in [0.15, 0.2) is 5.82 Å². The summed E-state index contributed by atoms with van der Waals surface area (Å²) in [6, 6.07) is 72.4. The van der Waals surface area contributed by atoms with E-state index >= 15 is 0 Å². The zero-order chi connectivity index (χ0) is 40.0. The van der Waals surface area contributed by atoms with Crippen LogP contribution < -0.4 is 0 Å². The minimum absolute atomic E-state index is 0.123. The molecule has 0 aliphatic heterocycles. The maximum Gasteiger partial charge on any atom is 0.162 e.